The number of hydrogen-bond acceptors (Lipinski definition) is 1. The lowest BCUT2D eigenvalue weighted by atomic mass is 9.82. The average molecular weight is 506 g/mol. The van der Waals surface area contributed by atoms with Crippen LogP contribution in [0.1, 0.15) is 51.3 Å². The van der Waals surface area contributed by atoms with Crippen molar-refractivity contribution in [1.82, 2.24) is 4.57 Å². The summed E-state index contributed by atoms with van der Waals surface area (Å²) in [5.74, 6) is 0. The molecular formula is C37H31NO. The van der Waals surface area contributed by atoms with Crippen LogP contribution >= 0.6 is 0 Å². The van der Waals surface area contributed by atoms with Crippen molar-refractivity contribution < 1.29 is 4.42 Å². The van der Waals surface area contributed by atoms with Gasteiger partial charge in [-0.25, -0.2) is 0 Å². The van der Waals surface area contributed by atoms with E-state index < -0.39 is 0 Å². The number of benzene rings is 5. The fourth-order valence-corrected chi connectivity index (χ4v) is 6.78. The maximum Gasteiger partial charge on any atom is 0.135 e. The maximum absolute atomic E-state index is 6.43. The first-order valence-corrected chi connectivity index (χ1v) is 13.9. The molecule has 0 saturated heterocycles. The largest absolute Gasteiger partial charge is 0.456 e. The first kappa shape index (κ1) is 22.7. The topological polar surface area (TPSA) is 18.1 Å². The maximum atomic E-state index is 6.43. The molecule has 0 saturated carbocycles. The Morgan fingerprint density at radius 2 is 1.26 bits per heavy atom. The third kappa shape index (κ3) is 3.03. The Labute approximate surface area is 228 Å². The van der Waals surface area contributed by atoms with Gasteiger partial charge >= 0.3 is 0 Å². The molecule has 7 aromatic rings. The number of furan rings is 1. The molecule has 39 heavy (non-hydrogen) atoms. The van der Waals surface area contributed by atoms with Crippen LogP contribution in [0.5, 0.6) is 0 Å². The van der Waals surface area contributed by atoms with Crippen LogP contribution in [0, 0.1) is 0 Å². The molecule has 190 valence electrons. The molecule has 5 aromatic carbocycles. The van der Waals surface area contributed by atoms with Crippen LogP contribution in [0.2, 0.25) is 0 Å². The predicted octanol–water partition coefficient (Wildman–Crippen LogP) is 10.3. The van der Waals surface area contributed by atoms with Gasteiger partial charge in [-0.1, -0.05) is 77.1 Å². The van der Waals surface area contributed by atoms with E-state index in [0.717, 1.165) is 11.2 Å². The van der Waals surface area contributed by atoms with Crippen LogP contribution < -0.4 is 0 Å². The molecule has 2 heterocycles. The Morgan fingerprint density at radius 1 is 0.590 bits per heavy atom. The lowest BCUT2D eigenvalue weighted by Gasteiger charge is -2.21. The highest BCUT2D eigenvalue weighted by Gasteiger charge is 2.37. The molecule has 1 aliphatic rings. The minimum atomic E-state index is -0.138. The van der Waals surface area contributed by atoms with Crippen LogP contribution in [0.25, 0.3) is 60.6 Å². The van der Waals surface area contributed by atoms with Crippen molar-refractivity contribution in [3.63, 3.8) is 0 Å². The molecule has 2 heteroatoms. The molecule has 0 aliphatic heterocycles. The zero-order valence-corrected chi connectivity index (χ0v) is 23.1. The second kappa shape index (κ2) is 7.42. The molecule has 0 fully saturated rings. The lowest BCUT2D eigenvalue weighted by molar-refractivity contribution is 0.590. The van der Waals surface area contributed by atoms with Crippen LogP contribution in [0.4, 0.5) is 0 Å². The van der Waals surface area contributed by atoms with E-state index in [9.17, 15) is 0 Å². The molecule has 1 aliphatic carbocycles. The minimum Gasteiger partial charge on any atom is -0.456 e. The molecule has 0 unspecified atom stereocenters. The third-order valence-corrected chi connectivity index (χ3v) is 8.94. The summed E-state index contributed by atoms with van der Waals surface area (Å²) in [4.78, 5) is 0. The van der Waals surface area contributed by atoms with Crippen molar-refractivity contribution in [2.45, 2.75) is 45.4 Å². The zero-order chi connectivity index (χ0) is 26.7. The number of para-hydroxylation sites is 2. The number of fused-ring (bicyclic) bond motifs is 9. The SMILES string of the molecule is CC(C)(C)c1ccc2oc3cc4c(cc3c2c1)-c1cc2c3ccccc3n(-c3ccccc3)c2cc1C4(C)C. The monoisotopic (exact) mass is 505 g/mol. The van der Waals surface area contributed by atoms with E-state index in [1.807, 2.05) is 0 Å². The van der Waals surface area contributed by atoms with Crippen LogP contribution in [-0.2, 0) is 10.8 Å². The summed E-state index contributed by atoms with van der Waals surface area (Å²) in [6, 6.07) is 35.7. The van der Waals surface area contributed by atoms with Gasteiger partial charge in [0.1, 0.15) is 11.2 Å². The van der Waals surface area contributed by atoms with E-state index in [2.05, 4.69) is 136 Å². The fourth-order valence-electron chi connectivity index (χ4n) is 6.78. The minimum absolute atomic E-state index is 0.0850. The van der Waals surface area contributed by atoms with E-state index in [1.54, 1.807) is 0 Å². The molecule has 0 radical (unpaired) electrons. The zero-order valence-electron chi connectivity index (χ0n) is 23.1. The highest BCUT2D eigenvalue weighted by molar-refractivity contribution is 6.13. The molecule has 0 atom stereocenters. The highest BCUT2D eigenvalue weighted by atomic mass is 16.3. The lowest BCUT2D eigenvalue weighted by Crippen LogP contribution is -2.15. The Balaban J connectivity index is 1.45. The second-order valence-corrected chi connectivity index (χ2v) is 12.7. The first-order valence-electron chi connectivity index (χ1n) is 13.9. The Morgan fingerprint density at radius 3 is 2.03 bits per heavy atom. The van der Waals surface area contributed by atoms with E-state index >= 15 is 0 Å². The van der Waals surface area contributed by atoms with E-state index in [-0.39, 0.29) is 10.8 Å². The summed E-state index contributed by atoms with van der Waals surface area (Å²) < 4.78 is 8.84. The van der Waals surface area contributed by atoms with Crippen LogP contribution in [0.3, 0.4) is 0 Å². The van der Waals surface area contributed by atoms with Crippen LogP contribution in [-0.4, -0.2) is 4.57 Å². The van der Waals surface area contributed by atoms with Crippen molar-refractivity contribution in [3.05, 3.63) is 114 Å². The van der Waals surface area contributed by atoms with Gasteiger partial charge in [0.05, 0.1) is 11.0 Å². The Hall–Kier alpha value is -4.30. The fraction of sp³-hybridized carbons (Fsp3) is 0.189. The number of aromatic nitrogens is 1. The van der Waals surface area contributed by atoms with Gasteiger partial charge in [-0.3, -0.25) is 0 Å². The van der Waals surface area contributed by atoms with E-state index in [4.69, 9.17) is 4.42 Å². The molecule has 0 spiro atoms. The molecule has 0 N–H and O–H groups in total. The van der Waals surface area contributed by atoms with Gasteiger partial charge < -0.3 is 8.98 Å². The summed E-state index contributed by atoms with van der Waals surface area (Å²) in [6.07, 6.45) is 0. The summed E-state index contributed by atoms with van der Waals surface area (Å²) in [7, 11) is 0. The number of hydrogen-bond donors (Lipinski definition) is 0. The summed E-state index contributed by atoms with van der Waals surface area (Å²) >= 11 is 0. The van der Waals surface area contributed by atoms with Crippen molar-refractivity contribution in [2.24, 2.45) is 0 Å². The normalized spacial score (nSPS) is 14.5. The average Bonchev–Trinajstić information content (AvgIpc) is 3.52. The predicted molar refractivity (Wildman–Crippen MR) is 164 cm³/mol. The smallest absolute Gasteiger partial charge is 0.135 e. The van der Waals surface area contributed by atoms with Crippen molar-refractivity contribution >= 4 is 43.7 Å². The number of rotatable bonds is 1. The van der Waals surface area contributed by atoms with Crippen molar-refractivity contribution in [3.8, 4) is 16.8 Å². The standard InChI is InChI=1S/C37H31NO/c1-36(2,3)22-15-16-34-28(17-22)29-19-26-25-18-27-24-13-9-10-14-32(24)38(23-11-7-6-8-12-23)33(27)20-30(25)37(4,5)31(26)21-35(29)39-34/h6-21H,1-5H3. The van der Waals surface area contributed by atoms with E-state index in [1.165, 1.54) is 66.1 Å². The molecule has 0 bridgehead atoms. The molecule has 2 aromatic heterocycles. The van der Waals surface area contributed by atoms with E-state index in [0.29, 0.717) is 0 Å². The first-order chi connectivity index (χ1) is 18.7. The van der Waals surface area contributed by atoms with Gasteiger partial charge in [-0.15, -0.1) is 0 Å². The van der Waals surface area contributed by atoms with Gasteiger partial charge in [-0.2, -0.15) is 0 Å². The summed E-state index contributed by atoms with van der Waals surface area (Å²) in [5, 5.41) is 4.98. The van der Waals surface area contributed by atoms with Gasteiger partial charge in [0.15, 0.2) is 0 Å². The summed E-state index contributed by atoms with van der Waals surface area (Å²) in [5.41, 5.74) is 12.3. The quantitative estimate of drug-likeness (QED) is 0.217. The van der Waals surface area contributed by atoms with Gasteiger partial charge in [0.2, 0.25) is 0 Å². The molecular weight excluding hydrogens is 474 g/mol. The van der Waals surface area contributed by atoms with Gasteiger partial charge in [0, 0.05) is 32.6 Å². The molecule has 8 rings (SSSR count). The Bertz CT molecular complexity index is 2110. The molecule has 0 amide bonds. The van der Waals surface area contributed by atoms with Crippen LogP contribution in [0.15, 0.2) is 101 Å². The molecule has 2 nitrogen and oxygen atoms in total. The summed E-state index contributed by atoms with van der Waals surface area (Å²) in [6.45, 7) is 11.5. The Kier molecular flexibility index (Phi) is 4.31. The van der Waals surface area contributed by atoms with Gasteiger partial charge in [-0.05, 0) is 87.8 Å². The highest BCUT2D eigenvalue weighted by Crippen LogP contribution is 2.53. The third-order valence-electron chi connectivity index (χ3n) is 8.94. The van der Waals surface area contributed by atoms with Gasteiger partial charge in [0.25, 0.3) is 0 Å². The second-order valence-electron chi connectivity index (χ2n) is 12.7. The van der Waals surface area contributed by atoms with Crippen molar-refractivity contribution in [1.29, 1.82) is 0 Å². The van der Waals surface area contributed by atoms with Crippen molar-refractivity contribution in [2.75, 3.05) is 0 Å². The number of nitrogens with zero attached hydrogens (tertiary/aromatic N) is 1.